The van der Waals surface area contributed by atoms with Crippen molar-refractivity contribution in [1.29, 1.82) is 0 Å². The minimum Gasteiger partial charge on any atom is -0.480 e. The number of primary amides is 1. The zero-order valence-corrected chi connectivity index (χ0v) is 20.2. The van der Waals surface area contributed by atoms with E-state index in [1.807, 2.05) is 0 Å². The summed E-state index contributed by atoms with van der Waals surface area (Å²) in [5.74, 6) is -4.52. The Morgan fingerprint density at radius 3 is 1.78 bits per heavy atom. The van der Waals surface area contributed by atoms with Crippen molar-refractivity contribution < 1.29 is 34.2 Å². The predicted molar refractivity (Wildman–Crippen MR) is 130 cm³/mol. The third-order valence-electron chi connectivity index (χ3n) is 4.99. The first-order chi connectivity index (χ1) is 16.9. The van der Waals surface area contributed by atoms with Gasteiger partial charge in [0.25, 0.3) is 0 Å². The number of aliphatic hydroxyl groups is 1. The maximum atomic E-state index is 13.0. The standard InChI is InChI=1S/C20H39N9O7/c21-8-2-1-4-12(18(34)29-14(10-30)19(35)36)28-17(33)13(5-3-9-26-20(24)25)27-16(32)11(22)6-7-15(23)31/h11-14,30H,1-10,21-22H2,(H2,23,31)(H,27,32)(H,28,33)(H,29,34)(H,35,36)(H4,24,25,26). The summed E-state index contributed by atoms with van der Waals surface area (Å²) < 4.78 is 0. The van der Waals surface area contributed by atoms with Gasteiger partial charge in [0.05, 0.1) is 12.6 Å². The fourth-order valence-electron chi connectivity index (χ4n) is 2.97. The second kappa shape index (κ2) is 17.9. The average molecular weight is 518 g/mol. The molecular formula is C20H39N9O7. The van der Waals surface area contributed by atoms with Crippen LogP contribution in [0.25, 0.3) is 0 Å². The summed E-state index contributed by atoms with van der Waals surface area (Å²) in [6, 6.07) is -5.00. The number of rotatable bonds is 19. The molecule has 0 bridgehead atoms. The molecule has 0 rings (SSSR count). The molecule has 0 aliphatic heterocycles. The Hall–Kier alpha value is -3.50. The highest BCUT2D eigenvalue weighted by Crippen LogP contribution is 2.06. The Labute approximate surface area is 208 Å². The highest BCUT2D eigenvalue weighted by atomic mass is 16.4. The van der Waals surface area contributed by atoms with Crippen molar-refractivity contribution in [2.75, 3.05) is 19.7 Å². The van der Waals surface area contributed by atoms with E-state index in [0.717, 1.165) is 0 Å². The van der Waals surface area contributed by atoms with Crippen molar-refractivity contribution in [3.63, 3.8) is 0 Å². The molecule has 36 heavy (non-hydrogen) atoms. The monoisotopic (exact) mass is 517 g/mol. The lowest BCUT2D eigenvalue weighted by Gasteiger charge is -2.25. The lowest BCUT2D eigenvalue weighted by molar-refractivity contribution is -0.143. The van der Waals surface area contributed by atoms with Gasteiger partial charge in [0.1, 0.15) is 18.1 Å². The number of nitrogens with one attached hydrogen (secondary N) is 3. The van der Waals surface area contributed by atoms with Crippen LogP contribution in [0.3, 0.4) is 0 Å². The number of aliphatic hydroxyl groups excluding tert-OH is 1. The molecule has 0 aliphatic carbocycles. The van der Waals surface area contributed by atoms with Gasteiger partial charge in [-0.15, -0.1) is 0 Å². The van der Waals surface area contributed by atoms with Crippen molar-refractivity contribution in [2.45, 2.75) is 69.1 Å². The zero-order chi connectivity index (χ0) is 27.7. The first-order valence-corrected chi connectivity index (χ1v) is 11.5. The largest absolute Gasteiger partial charge is 0.480 e. The Morgan fingerprint density at radius 2 is 1.31 bits per heavy atom. The molecular weight excluding hydrogens is 478 g/mol. The van der Waals surface area contributed by atoms with Gasteiger partial charge in [-0.3, -0.25) is 24.2 Å². The highest BCUT2D eigenvalue weighted by molar-refractivity contribution is 5.94. The zero-order valence-electron chi connectivity index (χ0n) is 20.2. The molecule has 0 saturated carbocycles. The van der Waals surface area contributed by atoms with E-state index in [0.29, 0.717) is 19.4 Å². The minimum atomic E-state index is -1.57. The number of aliphatic carboxylic acids is 1. The molecule has 0 aliphatic rings. The Bertz CT molecular complexity index is 775. The van der Waals surface area contributed by atoms with Gasteiger partial charge >= 0.3 is 5.97 Å². The van der Waals surface area contributed by atoms with E-state index in [-0.39, 0.29) is 44.6 Å². The van der Waals surface area contributed by atoms with Gasteiger partial charge in [0.2, 0.25) is 23.6 Å². The van der Waals surface area contributed by atoms with Crippen molar-refractivity contribution in [2.24, 2.45) is 33.7 Å². The number of hydrogen-bond acceptors (Lipinski definition) is 9. The Balaban J connectivity index is 5.53. The van der Waals surface area contributed by atoms with Crippen LogP contribution in [0.1, 0.15) is 44.9 Å². The summed E-state index contributed by atoms with van der Waals surface area (Å²) in [6.45, 7) is -0.354. The molecule has 4 amide bonds. The normalized spacial score (nSPS) is 14.0. The SMILES string of the molecule is NCCCCC(NC(=O)C(CCCN=C(N)N)NC(=O)C(N)CCC(N)=O)C(=O)NC(CO)C(=O)O. The molecule has 15 N–H and O–H groups in total. The van der Waals surface area contributed by atoms with E-state index in [9.17, 15) is 29.1 Å². The molecule has 0 aromatic rings. The maximum absolute atomic E-state index is 13.0. The fourth-order valence-corrected chi connectivity index (χ4v) is 2.97. The quantitative estimate of drug-likeness (QED) is 0.0440. The molecule has 0 fully saturated rings. The van der Waals surface area contributed by atoms with Crippen molar-refractivity contribution >= 4 is 35.6 Å². The number of nitrogens with two attached hydrogens (primary N) is 5. The van der Waals surface area contributed by atoms with Crippen LogP contribution >= 0.6 is 0 Å². The first kappa shape index (κ1) is 32.5. The maximum Gasteiger partial charge on any atom is 0.328 e. The van der Waals surface area contributed by atoms with E-state index in [1.54, 1.807) is 0 Å². The van der Waals surface area contributed by atoms with Crippen LogP contribution in [0.15, 0.2) is 4.99 Å². The van der Waals surface area contributed by atoms with Gasteiger partial charge in [-0.25, -0.2) is 4.79 Å². The lowest BCUT2D eigenvalue weighted by atomic mass is 10.0. The molecule has 16 nitrogen and oxygen atoms in total. The van der Waals surface area contributed by atoms with Gasteiger partial charge in [-0.2, -0.15) is 0 Å². The van der Waals surface area contributed by atoms with Gasteiger partial charge in [0.15, 0.2) is 5.96 Å². The molecule has 0 heterocycles. The summed E-state index contributed by atoms with van der Waals surface area (Å²) in [7, 11) is 0. The molecule has 4 unspecified atom stereocenters. The first-order valence-electron chi connectivity index (χ1n) is 11.5. The van der Waals surface area contributed by atoms with E-state index in [4.69, 9.17) is 33.8 Å². The lowest BCUT2D eigenvalue weighted by Crippen LogP contribution is -2.57. The van der Waals surface area contributed by atoms with Crippen LogP contribution in [0.2, 0.25) is 0 Å². The molecule has 0 aromatic carbocycles. The van der Waals surface area contributed by atoms with Crippen LogP contribution in [0.4, 0.5) is 0 Å². The third-order valence-corrected chi connectivity index (χ3v) is 4.99. The number of unbranched alkanes of at least 4 members (excludes halogenated alkanes) is 1. The third kappa shape index (κ3) is 14.0. The van der Waals surface area contributed by atoms with Crippen molar-refractivity contribution in [3.8, 4) is 0 Å². The smallest absolute Gasteiger partial charge is 0.328 e. The highest BCUT2D eigenvalue weighted by Gasteiger charge is 2.29. The number of amides is 4. The summed E-state index contributed by atoms with van der Waals surface area (Å²) in [4.78, 5) is 64.1. The fraction of sp³-hybridized carbons (Fsp3) is 0.700. The van der Waals surface area contributed by atoms with E-state index in [1.165, 1.54) is 0 Å². The minimum absolute atomic E-state index is 0.0363. The molecule has 206 valence electrons. The van der Waals surface area contributed by atoms with Crippen molar-refractivity contribution in [3.05, 3.63) is 0 Å². The summed E-state index contributed by atoms with van der Waals surface area (Å²) in [5.41, 5.74) is 26.9. The Kier molecular flexibility index (Phi) is 16.1. The van der Waals surface area contributed by atoms with E-state index < -0.39 is 60.4 Å². The number of carboxylic acids is 1. The molecule has 4 atom stereocenters. The van der Waals surface area contributed by atoms with Crippen LogP contribution in [-0.2, 0) is 24.0 Å². The van der Waals surface area contributed by atoms with Gasteiger partial charge in [0, 0.05) is 13.0 Å². The summed E-state index contributed by atoms with van der Waals surface area (Å²) in [6.07, 6.45) is 1.28. The summed E-state index contributed by atoms with van der Waals surface area (Å²) >= 11 is 0. The number of hydrogen-bond donors (Lipinski definition) is 10. The Morgan fingerprint density at radius 1 is 0.778 bits per heavy atom. The number of carboxylic acid groups (broad SMARTS) is 1. The van der Waals surface area contributed by atoms with Crippen LogP contribution in [-0.4, -0.2) is 89.6 Å². The number of guanidine groups is 1. The van der Waals surface area contributed by atoms with Gasteiger partial charge in [-0.1, -0.05) is 0 Å². The molecule has 0 saturated heterocycles. The topological polar surface area (TPSA) is 304 Å². The van der Waals surface area contributed by atoms with Crippen LogP contribution in [0.5, 0.6) is 0 Å². The predicted octanol–water partition coefficient (Wildman–Crippen LogP) is -4.71. The van der Waals surface area contributed by atoms with Crippen LogP contribution in [0, 0.1) is 0 Å². The number of carbonyl (C=O) groups excluding carboxylic acids is 4. The second-order valence-corrected chi connectivity index (χ2v) is 8.05. The molecule has 0 radical (unpaired) electrons. The van der Waals surface area contributed by atoms with Gasteiger partial charge < -0.3 is 54.8 Å². The van der Waals surface area contributed by atoms with E-state index >= 15 is 0 Å². The van der Waals surface area contributed by atoms with Crippen LogP contribution < -0.4 is 44.6 Å². The van der Waals surface area contributed by atoms with Gasteiger partial charge in [-0.05, 0) is 45.1 Å². The molecule has 0 spiro atoms. The van der Waals surface area contributed by atoms with E-state index in [2.05, 4.69) is 20.9 Å². The summed E-state index contributed by atoms with van der Waals surface area (Å²) in [5, 5.41) is 25.4. The number of aliphatic imine (C=N–C) groups is 1. The number of nitrogens with zero attached hydrogens (tertiary/aromatic N) is 1. The van der Waals surface area contributed by atoms with Crippen molar-refractivity contribution in [1.82, 2.24) is 16.0 Å². The number of carbonyl (C=O) groups is 5. The second-order valence-electron chi connectivity index (χ2n) is 8.05. The average Bonchev–Trinajstić information content (AvgIpc) is 2.81. The molecule has 16 heteroatoms. The molecule has 0 aromatic heterocycles.